The maximum Gasteiger partial charge on any atom is 0.328 e. The van der Waals surface area contributed by atoms with Gasteiger partial charge in [-0.15, -0.1) is 0 Å². The SMILES string of the molecule is CCOC(=O)C(C(=O)OCC)C(=O)C1CCOCC1. The van der Waals surface area contributed by atoms with Crippen molar-refractivity contribution in [3.8, 4) is 0 Å². The molecule has 0 N–H and O–H groups in total. The standard InChI is InChI=1S/C13H20O6/c1-3-18-12(15)10(13(16)19-4-2)11(14)9-5-7-17-8-6-9/h9-10H,3-8H2,1-2H3. The molecule has 0 bridgehead atoms. The zero-order valence-corrected chi connectivity index (χ0v) is 11.3. The summed E-state index contributed by atoms with van der Waals surface area (Å²) in [6, 6.07) is 0. The van der Waals surface area contributed by atoms with Crippen LogP contribution in [0.2, 0.25) is 0 Å². The fraction of sp³-hybridized carbons (Fsp3) is 0.769. The fourth-order valence-corrected chi connectivity index (χ4v) is 2.00. The van der Waals surface area contributed by atoms with Gasteiger partial charge in [-0.05, 0) is 26.7 Å². The summed E-state index contributed by atoms with van der Waals surface area (Å²) in [5, 5.41) is 0. The van der Waals surface area contributed by atoms with Crippen molar-refractivity contribution in [2.24, 2.45) is 11.8 Å². The Morgan fingerprint density at radius 1 is 1.05 bits per heavy atom. The van der Waals surface area contributed by atoms with Crippen LogP contribution in [0.5, 0.6) is 0 Å². The molecule has 0 aromatic heterocycles. The molecule has 6 heteroatoms. The first-order valence-corrected chi connectivity index (χ1v) is 6.56. The van der Waals surface area contributed by atoms with E-state index in [9.17, 15) is 14.4 Å². The number of hydrogen-bond acceptors (Lipinski definition) is 6. The van der Waals surface area contributed by atoms with Crippen LogP contribution < -0.4 is 0 Å². The van der Waals surface area contributed by atoms with Gasteiger partial charge in [-0.3, -0.25) is 14.4 Å². The van der Waals surface area contributed by atoms with Crippen LogP contribution in [-0.4, -0.2) is 44.1 Å². The summed E-state index contributed by atoms with van der Waals surface area (Å²) in [5.41, 5.74) is 0. The Morgan fingerprint density at radius 2 is 1.53 bits per heavy atom. The summed E-state index contributed by atoms with van der Waals surface area (Å²) in [5.74, 6) is -3.86. The van der Waals surface area contributed by atoms with Gasteiger partial charge in [0, 0.05) is 19.1 Å². The topological polar surface area (TPSA) is 78.9 Å². The summed E-state index contributed by atoms with van der Waals surface area (Å²) >= 11 is 0. The molecular formula is C13H20O6. The smallest absolute Gasteiger partial charge is 0.328 e. The van der Waals surface area contributed by atoms with Gasteiger partial charge in [-0.1, -0.05) is 0 Å². The summed E-state index contributed by atoms with van der Waals surface area (Å²) in [6.07, 6.45) is 1.04. The lowest BCUT2D eigenvalue weighted by atomic mass is 9.87. The molecule has 6 nitrogen and oxygen atoms in total. The first-order valence-electron chi connectivity index (χ1n) is 6.56. The van der Waals surface area contributed by atoms with Crippen molar-refractivity contribution >= 4 is 17.7 Å². The zero-order chi connectivity index (χ0) is 14.3. The lowest BCUT2D eigenvalue weighted by Gasteiger charge is -2.23. The van der Waals surface area contributed by atoms with Gasteiger partial charge in [0.2, 0.25) is 5.92 Å². The van der Waals surface area contributed by atoms with Crippen molar-refractivity contribution in [1.29, 1.82) is 0 Å². The van der Waals surface area contributed by atoms with Crippen LogP contribution in [0, 0.1) is 11.8 Å². The quantitative estimate of drug-likeness (QED) is 0.524. The number of carbonyl (C=O) groups is 3. The molecule has 0 aliphatic carbocycles. The predicted molar refractivity (Wildman–Crippen MR) is 65.3 cm³/mol. The Morgan fingerprint density at radius 3 is 1.95 bits per heavy atom. The minimum Gasteiger partial charge on any atom is -0.465 e. The van der Waals surface area contributed by atoms with Crippen molar-refractivity contribution in [2.45, 2.75) is 26.7 Å². The molecule has 1 fully saturated rings. The van der Waals surface area contributed by atoms with Crippen molar-refractivity contribution in [1.82, 2.24) is 0 Å². The van der Waals surface area contributed by atoms with Crippen LogP contribution in [0.25, 0.3) is 0 Å². The molecule has 0 unspecified atom stereocenters. The third-order valence-corrected chi connectivity index (χ3v) is 2.95. The van der Waals surface area contributed by atoms with Crippen molar-refractivity contribution in [2.75, 3.05) is 26.4 Å². The zero-order valence-electron chi connectivity index (χ0n) is 11.3. The molecule has 0 saturated carbocycles. The van der Waals surface area contributed by atoms with Crippen molar-refractivity contribution in [3.05, 3.63) is 0 Å². The van der Waals surface area contributed by atoms with E-state index in [1.165, 1.54) is 0 Å². The van der Waals surface area contributed by atoms with Crippen LogP contribution in [0.15, 0.2) is 0 Å². The van der Waals surface area contributed by atoms with Crippen LogP contribution >= 0.6 is 0 Å². The minimum absolute atomic E-state index is 0.121. The normalized spacial score (nSPS) is 16.2. The molecule has 1 saturated heterocycles. The number of ether oxygens (including phenoxy) is 3. The minimum atomic E-state index is -1.46. The Hall–Kier alpha value is -1.43. The van der Waals surface area contributed by atoms with Gasteiger partial charge in [0.1, 0.15) is 0 Å². The van der Waals surface area contributed by atoms with Crippen molar-refractivity contribution in [3.63, 3.8) is 0 Å². The predicted octanol–water partition coefficient (Wildman–Crippen LogP) is 0.724. The monoisotopic (exact) mass is 272 g/mol. The lowest BCUT2D eigenvalue weighted by Crippen LogP contribution is -2.40. The summed E-state index contributed by atoms with van der Waals surface area (Å²) in [7, 11) is 0. The summed E-state index contributed by atoms with van der Waals surface area (Å²) in [4.78, 5) is 35.8. The second kappa shape index (κ2) is 7.89. The molecule has 19 heavy (non-hydrogen) atoms. The van der Waals surface area contributed by atoms with Gasteiger partial charge in [-0.25, -0.2) is 0 Å². The molecule has 0 aromatic rings. The van der Waals surface area contributed by atoms with E-state index in [2.05, 4.69) is 0 Å². The Bertz CT molecular complexity index is 314. The highest BCUT2D eigenvalue weighted by molar-refractivity contribution is 6.15. The van der Waals surface area contributed by atoms with E-state index in [0.717, 1.165) is 0 Å². The maximum absolute atomic E-state index is 12.3. The number of rotatable bonds is 6. The highest BCUT2D eigenvalue weighted by atomic mass is 16.6. The van der Waals surface area contributed by atoms with E-state index in [0.29, 0.717) is 26.1 Å². The largest absolute Gasteiger partial charge is 0.465 e. The second-order valence-electron chi connectivity index (χ2n) is 4.23. The fourth-order valence-electron chi connectivity index (χ4n) is 2.00. The van der Waals surface area contributed by atoms with E-state index < -0.39 is 23.6 Å². The molecule has 1 aliphatic heterocycles. The van der Waals surface area contributed by atoms with Gasteiger partial charge in [0.15, 0.2) is 5.78 Å². The van der Waals surface area contributed by atoms with Crippen LogP contribution in [-0.2, 0) is 28.6 Å². The van der Waals surface area contributed by atoms with Crippen molar-refractivity contribution < 1.29 is 28.6 Å². The first-order chi connectivity index (χ1) is 9.11. The molecule has 1 rings (SSSR count). The van der Waals surface area contributed by atoms with Gasteiger partial charge in [-0.2, -0.15) is 0 Å². The number of esters is 2. The highest BCUT2D eigenvalue weighted by Crippen LogP contribution is 2.21. The highest BCUT2D eigenvalue weighted by Gasteiger charge is 2.40. The lowest BCUT2D eigenvalue weighted by molar-refractivity contribution is -0.165. The maximum atomic E-state index is 12.3. The first kappa shape index (κ1) is 15.6. The molecule has 0 atom stereocenters. The van der Waals surface area contributed by atoms with E-state index in [4.69, 9.17) is 14.2 Å². The molecular weight excluding hydrogens is 252 g/mol. The average Bonchev–Trinajstić information content (AvgIpc) is 2.40. The van der Waals surface area contributed by atoms with Crippen LogP contribution in [0.3, 0.4) is 0 Å². The molecule has 1 aliphatic rings. The molecule has 1 heterocycles. The number of Topliss-reactive ketones (excluding diaryl/α,β-unsaturated/α-hetero) is 1. The molecule has 0 amide bonds. The van der Waals surface area contributed by atoms with Gasteiger partial charge >= 0.3 is 11.9 Å². The van der Waals surface area contributed by atoms with E-state index in [1.807, 2.05) is 0 Å². The number of ketones is 1. The molecule has 0 aromatic carbocycles. The second-order valence-corrected chi connectivity index (χ2v) is 4.23. The van der Waals surface area contributed by atoms with Crippen LogP contribution in [0.1, 0.15) is 26.7 Å². The Labute approximate surface area is 112 Å². The van der Waals surface area contributed by atoms with Crippen LogP contribution in [0.4, 0.5) is 0 Å². The van der Waals surface area contributed by atoms with Gasteiger partial charge < -0.3 is 14.2 Å². The van der Waals surface area contributed by atoms with E-state index in [1.54, 1.807) is 13.8 Å². The molecule has 0 radical (unpaired) electrons. The summed E-state index contributed by atoms with van der Waals surface area (Å²) in [6.45, 7) is 4.42. The average molecular weight is 272 g/mol. The van der Waals surface area contributed by atoms with E-state index >= 15 is 0 Å². The Balaban J connectivity index is 2.78. The van der Waals surface area contributed by atoms with E-state index in [-0.39, 0.29) is 19.1 Å². The number of carbonyl (C=O) groups excluding carboxylic acids is 3. The van der Waals surface area contributed by atoms with Gasteiger partial charge in [0.05, 0.1) is 13.2 Å². The Kier molecular flexibility index (Phi) is 6.49. The molecule has 0 spiro atoms. The summed E-state index contributed by atoms with van der Waals surface area (Å²) < 4.78 is 14.7. The third-order valence-electron chi connectivity index (χ3n) is 2.95. The molecule has 108 valence electrons. The number of hydrogen-bond donors (Lipinski definition) is 0. The van der Waals surface area contributed by atoms with Gasteiger partial charge in [0.25, 0.3) is 0 Å². The third kappa shape index (κ3) is 4.31.